The fraction of sp³-hybridized carbons (Fsp3) is 0.579. The zero-order chi connectivity index (χ0) is 17.9. The number of carbonyl (C=O) groups is 2. The van der Waals surface area contributed by atoms with E-state index in [1.807, 2.05) is 4.90 Å². The van der Waals surface area contributed by atoms with Crippen molar-refractivity contribution in [2.45, 2.75) is 32.5 Å². The zero-order valence-electron chi connectivity index (χ0n) is 15.1. The Morgan fingerprint density at radius 2 is 1.96 bits per heavy atom. The van der Waals surface area contributed by atoms with Crippen molar-refractivity contribution in [2.75, 3.05) is 32.7 Å². The maximum atomic E-state index is 12.6. The number of nitrogens with zero attached hydrogens (tertiary/aromatic N) is 2. The summed E-state index contributed by atoms with van der Waals surface area (Å²) in [4.78, 5) is 28.0. The monoisotopic (exact) mass is 344 g/mol. The van der Waals surface area contributed by atoms with Crippen LogP contribution in [0, 0.1) is 12.8 Å². The van der Waals surface area contributed by atoms with Crippen LogP contribution in [0.5, 0.6) is 0 Å². The minimum atomic E-state index is -0.485. The molecule has 1 aromatic carbocycles. The molecule has 25 heavy (non-hydrogen) atoms. The SMILES string of the molecule is Cc1ccc(CN2CC(C(C)(NC=O)N3CCNCC3)CC2=O)cc1. The summed E-state index contributed by atoms with van der Waals surface area (Å²) < 4.78 is 0. The number of aryl methyl sites for hydroxylation is 1. The highest BCUT2D eigenvalue weighted by atomic mass is 16.2. The number of hydrogen-bond donors (Lipinski definition) is 2. The second-order valence-corrected chi connectivity index (χ2v) is 7.31. The van der Waals surface area contributed by atoms with Gasteiger partial charge in [0.2, 0.25) is 12.3 Å². The molecule has 136 valence electrons. The lowest BCUT2D eigenvalue weighted by Gasteiger charge is -2.46. The van der Waals surface area contributed by atoms with Gasteiger partial charge in [0.1, 0.15) is 0 Å². The minimum Gasteiger partial charge on any atom is -0.340 e. The van der Waals surface area contributed by atoms with Crippen LogP contribution in [0.3, 0.4) is 0 Å². The van der Waals surface area contributed by atoms with Gasteiger partial charge >= 0.3 is 0 Å². The first-order chi connectivity index (χ1) is 12.0. The number of likely N-dealkylation sites (tertiary alicyclic amines) is 1. The van der Waals surface area contributed by atoms with Gasteiger partial charge < -0.3 is 15.5 Å². The van der Waals surface area contributed by atoms with Gasteiger partial charge in [0.05, 0.1) is 5.66 Å². The largest absolute Gasteiger partial charge is 0.340 e. The molecule has 6 nitrogen and oxygen atoms in total. The molecule has 2 unspecified atom stereocenters. The van der Waals surface area contributed by atoms with E-state index >= 15 is 0 Å². The Balaban J connectivity index is 1.72. The quantitative estimate of drug-likeness (QED) is 0.746. The van der Waals surface area contributed by atoms with Crippen molar-refractivity contribution in [1.29, 1.82) is 0 Å². The fourth-order valence-electron chi connectivity index (χ4n) is 3.93. The third-order valence-electron chi connectivity index (χ3n) is 5.63. The van der Waals surface area contributed by atoms with Crippen LogP contribution in [0.25, 0.3) is 0 Å². The molecule has 1 aromatic rings. The first kappa shape index (κ1) is 17.9. The van der Waals surface area contributed by atoms with E-state index in [1.54, 1.807) is 0 Å². The summed E-state index contributed by atoms with van der Waals surface area (Å²) in [5.41, 5.74) is 1.88. The minimum absolute atomic E-state index is 0.0914. The van der Waals surface area contributed by atoms with E-state index in [0.717, 1.165) is 38.2 Å². The molecule has 0 bridgehead atoms. The van der Waals surface area contributed by atoms with Crippen molar-refractivity contribution in [3.05, 3.63) is 35.4 Å². The molecule has 0 aliphatic carbocycles. The van der Waals surface area contributed by atoms with Gasteiger partial charge in [-0.2, -0.15) is 0 Å². The lowest BCUT2D eigenvalue weighted by atomic mass is 9.90. The third-order valence-corrected chi connectivity index (χ3v) is 5.63. The van der Waals surface area contributed by atoms with E-state index in [-0.39, 0.29) is 11.8 Å². The second-order valence-electron chi connectivity index (χ2n) is 7.31. The molecule has 0 aromatic heterocycles. The average molecular weight is 344 g/mol. The van der Waals surface area contributed by atoms with E-state index < -0.39 is 5.66 Å². The maximum Gasteiger partial charge on any atom is 0.223 e. The smallest absolute Gasteiger partial charge is 0.223 e. The lowest BCUT2D eigenvalue weighted by molar-refractivity contribution is -0.128. The molecule has 0 saturated carbocycles. The van der Waals surface area contributed by atoms with Crippen LogP contribution in [-0.2, 0) is 16.1 Å². The lowest BCUT2D eigenvalue weighted by Crippen LogP contribution is -2.65. The molecular formula is C19H28N4O2. The van der Waals surface area contributed by atoms with Crippen LogP contribution in [0.4, 0.5) is 0 Å². The van der Waals surface area contributed by atoms with Crippen LogP contribution in [0.1, 0.15) is 24.5 Å². The second kappa shape index (κ2) is 7.54. The highest BCUT2D eigenvalue weighted by Crippen LogP contribution is 2.32. The maximum absolute atomic E-state index is 12.6. The van der Waals surface area contributed by atoms with Gasteiger partial charge in [-0.05, 0) is 19.4 Å². The molecule has 2 atom stereocenters. The molecule has 2 fully saturated rings. The van der Waals surface area contributed by atoms with Gasteiger partial charge in [-0.1, -0.05) is 29.8 Å². The Labute approximate surface area is 149 Å². The number of carbonyl (C=O) groups excluding carboxylic acids is 2. The van der Waals surface area contributed by atoms with Crippen molar-refractivity contribution < 1.29 is 9.59 Å². The van der Waals surface area contributed by atoms with Crippen LogP contribution < -0.4 is 10.6 Å². The molecule has 3 rings (SSSR count). The van der Waals surface area contributed by atoms with Crippen molar-refractivity contribution in [3.8, 4) is 0 Å². The van der Waals surface area contributed by atoms with Gasteiger partial charge in [-0.25, -0.2) is 0 Å². The van der Waals surface area contributed by atoms with Crippen molar-refractivity contribution in [2.24, 2.45) is 5.92 Å². The molecule has 2 N–H and O–H groups in total. The fourth-order valence-corrected chi connectivity index (χ4v) is 3.93. The molecule has 2 amide bonds. The number of rotatable bonds is 6. The van der Waals surface area contributed by atoms with E-state index in [1.165, 1.54) is 5.56 Å². The van der Waals surface area contributed by atoms with Crippen LogP contribution in [-0.4, -0.2) is 60.5 Å². The zero-order valence-corrected chi connectivity index (χ0v) is 15.1. The van der Waals surface area contributed by atoms with E-state index in [2.05, 4.69) is 53.6 Å². The first-order valence-electron chi connectivity index (χ1n) is 9.03. The Morgan fingerprint density at radius 3 is 2.60 bits per heavy atom. The summed E-state index contributed by atoms with van der Waals surface area (Å²) in [6, 6.07) is 8.31. The average Bonchev–Trinajstić information content (AvgIpc) is 2.99. The molecular weight excluding hydrogens is 316 g/mol. The summed E-state index contributed by atoms with van der Waals surface area (Å²) in [6.45, 7) is 8.99. The predicted octanol–water partition coefficient (Wildman–Crippen LogP) is 0.711. The van der Waals surface area contributed by atoms with Crippen LogP contribution >= 0.6 is 0 Å². The van der Waals surface area contributed by atoms with Crippen molar-refractivity contribution in [1.82, 2.24) is 20.4 Å². The van der Waals surface area contributed by atoms with Crippen LogP contribution in [0.2, 0.25) is 0 Å². The molecule has 2 aliphatic rings. The van der Waals surface area contributed by atoms with E-state index in [9.17, 15) is 9.59 Å². The number of benzene rings is 1. The molecule has 2 heterocycles. The van der Waals surface area contributed by atoms with Crippen molar-refractivity contribution in [3.63, 3.8) is 0 Å². The van der Waals surface area contributed by atoms with Gasteiger partial charge in [0.15, 0.2) is 0 Å². The number of hydrogen-bond acceptors (Lipinski definition) is 4. The Kier molecular flexibility index (Phi) is 5.39. The highest BCUT2D eigenvalue weighted by Gasteiger charge is 2.45. The van der Waals surface area contributed by atoms with Gasteiger partial charge in [-0.15, -0.1) is 0 Å². The normalized spacial score (nSPS) is 24.2. The Morgan fingerprint density at radius 1 is 1.28 bits per heavy atom. The summed E-state index contributed by atoms with van der Waals surface area (Å²) in [7, 11) is 0. The van der Waals surface area contributed by atoms with E-state index in [0.29, 0.717) is 19.5 Å². The number of amides is 2. The Hall–Kier alpha value is -1.92. The topological polar surface area (TPSA) is 64.7 Å². The highest BCUT2D eigenvalue weighted by molar-refractivity contribution is 5.79. The van der Waals surface area contributed by atoms with Gasteiger partial charge in [0, 0.05) is 51.6 Å². The standard InChI is InChI=1S/C19H28N4O2/c1-15-3-5-16(6-4-15)12-22-13-17(11-18(22)25)19(2,21-14-24)23-9-7-20-8-10-23/h3-6,14,17,20H,7-13H2,1-2H3,(H,21,24). The first-order valence-corrected chi connectivity index (χ1v) is 9.03. The summed E-state index contributed by atoms with van der Waals surface area (Å²) in [5.74, 6) is 0.258. The molecule has 0 radical (unpaired) electrons. The van der Waals surface area contributed by atoms with Gasteiger partial charge in [0.25, 0.3) is 0 Å². The molecule has 6 heteroatoms. The van der Waals surface area contributed by atoms with Crippen molar-refractivity contribution >= 4 is 12.3 Å². The molecule has 2 aliphatic heterocycles. The summed E-state index contributed by atoms with van der Waals surface area (Å²) in [5, 5.41) is 6.36. The number of nitrogens with one attached hydrogen (secondary N) is 2. The summed E-state index contributed by atoms with van der Waals surface area (Å²) >= 11 is 0. The summed E-state index contributed by atoms with van der Waals surface area (Å²) in [6.07, 6.45) is 1.25. The molecule has 2 saturated heterocycles. The molecule has 0 spiro atoms. The number of piperazine rings is 1. The van der Waals surface area contributed by atoms with Crippen LogP contribution in [0.15, 0.2) is 24.3 Å². The van der Waals surface area contributed by atoms with E-state index in [4.69, 9.17) is 0 Å². The third kappa shape index (κ3) is 3.85. The van der Waals surface area contributed by atoms with Gasteiger partial charge in [-0.3, -0.25) is 14.5 Å². The Bertz CT molecular complexity index is 612. The predicted molar refractivity (Wildman–Crippen MR) is 96.8 cm³/mol.